The fraction of sp³-hybridized carbons (Fsp3) is 0.429. The van der Waals surface area contributed by atoms with Crippen LogP contribution in [-0.4, -0.2) is 17.1 Å². The summed E-state index contributed by atoms with van der Waals surface area (Å²) in [4.78, 5) is 11.9. The second-order valence-corrected chi connectivity index (χ2v) is 4.73. The minimum absolute atomic E-state index is 0.0270. The number of carbonyl (C=O) groups excluding carboxylic acids is 1. The Morgan fingerprint density at radius 1 is 1.47 bits per heavy atom. The van der Waals surface area contributed by atoms with Crippen LogP contribution in [0.1, 0.15) is 29.7 Å². The summed E-state index contributed by atoms with van der Waals surface area (Å²) in [6.07, 6.45) is 2.61. The van der Waals surface area contributed by atoms with Crippen molar-refractivity contribution in [2.24, 2.45) is 0 Å². The maximum Gasteiger partial charge on any atom is 0.224 e. The zero-order chi connectivity index (χ0) is 13.8. The van der Waals surface area contributed by atoms with Gasteiger partial charge in [-0.2, -0.15) is 0 Å². The number of hydrogen-bond acceptors (Lipinski definition) is 4. The molecule has 0 aliphatic carbocycles. The Labute approximate surface area is 112 Å². The summed E-state index contributed by atoms with van der Waals surface area (Å²) in [5.74, 6) is 1.53. The number of nitrogens with zero attached hydrogens (tertiary/aromatic N) is 1. The number of nitrogens with one attached hydrogen (secondary N) is 1. The van der Waals surface area contributed by atoms with Crippen molar-refractivity contribution < 1.29 is 13.7 Å². The first kappa shape index (κ1) is 13.4. The molecule has 5 nitrogen and oxygen atoms in total. The van der Waals surface area contributed by atoms with E-state index in [1.807, 2.05) is 32.9 Å². The first-order valence-electron chi connectivity index (χ1n) is 6.29. The molecule has 2 heterocycles. The molecule has 0 radical (unpaired) electrons. The van der Waals surface area contributed by atoms with E-state index < -0.39 is 0 Å². The molecule has 1 unspecified atom stereocenters. The minimum Gasteiger partial charge on any atom is -0.469 e. The van der Waals surface area contributed by atoms with E-state index >= 15 is 0 Å². The lowest BCUT2D eigenvalue weighted by Gasteiger charge is -2.12. The third-order valence-electron chi connectivity index (χ3n) is 3.01. The second kappa shape index (κ2) is 5.73. The molecule has 2 aromatic heterocycles. The van der Waals surface area contributed by atoms with Gasteiger partial charge in [0.05, 0.1) is 18.4 Å². The van der Waals surface area contributed by atoms with Gasteiger partial charge in [-0.25, -0.2) is 0 Å². The quantitative estimate of drug-likeness (QED) is 0.896. The molecule has 0 aromatic carbocycles. The van der Waals surface area contributed by atoms with Gasteiger partial charge in [-0.05, 0) is 32.9 Å². The number of carbonyl (C=O) groups is 1. The van der Waals surface area contributed by atoms with Crippen LogP contribution in [0.2, 0.25) is 0 Å². The standard InChI is InChI=1S/C14H18N2O3/c1-9(7-12-5-4-6-18-12)15-14(17)8-13-10(2)16-19-11(13)3/h4-6,9H,7-8H2,1-3H3,(H,15,17). The van der Waals surface area contributed by atoms with Gasteiger partial charge in [-0.1, -0.05) is 5.16 Å². The lowest BCUT2D eigenvalue weighted by atomic mass is 10.1. The van der Waals surface area contributed by atoms with Crippen LogP contribution in [0.15, 0.2) is 27.3 Å². The molecule has 2 aromatic rings. The van der Waals surface area contributed by atoms with Crippen molar-refractivity contribution in [2.45, 2.75) is 39.7 Å². The van der Waals surface area contributed by atoms with Crippen LogP contribution in [0, 0.1) is 13.8 Å². The van der Waals surface area contributed by atoms with Gasteiger partial charge in [-0.3, -0.25) is 4.79 Å². The summed E-state index contributed by atoms with van der Waals surface area (Å²) in [5, 5.41) is 6.78. The smallest absolute Gasteiger partial charge is 0.224 e. The van der Waals surface area contributed by atoms with Crippen molar-refractivity contribution in [3.8, 4) is 0 Å². The van der Waals surface area contributed by atoms with Gasteiger partial charge >= 0.3 is 0 Å². The number of aromatic nitrogens is 1. The number of aryl methyl sites for hydroxylation is 2. The highest BCUT2D eigenvalue weighted by molar-refractivity contribution is 5.79. The van der Waals surface area contributed by atoms with E-state index in [1.165, 1.54) is 0 Å². The van der Waals surface area contributed by atoms with Crippen LogP contribution in [-0.2, 0) is 17.6 Å². The number of rotatable bonds is 5. The summed E-state index contributed by atoms with van der Waals surface area (Å²) in [7, 11) is 0. The number of amides is 1. The molecule has 0 saturated heterocycles. The molecule has 0 fully saturated rings. The van der Waals surface area contributed by atoms with E-state index in [-0.39, 0.29) is 11.9 Å². The molecule has 1 atom stereocenters. The Balaban J connectivity index is 1.87. The zero-order valence-electron chi connectivity index (χ0n) is 11.4. The molecule has 2 rings (SSSR count). The molecule has 0 bridgehead atoms. The summed E-state index contributed by atoms with van der Waals surface area (Å²) in [6.45, 7) is 5.61. The SMILES string of the molecule is Cc1noc(C)c1CC(=O)NC(C)Cc1ccco1. The van der Waals surface area contributed by atoms with Gasteiger partial charge in [0.2, 0.25) is 5.91 Å². The van der Waals surface area contributed by atoms with E-state index in [2.05, 4.69) is 10.5 Å². The first-order chi connectivity index (χ1) is 9.06. The summed E-state index contributed by atoms with van der Waals surface area (Å²) in [5.41, 5.74) is 1.63. The largest absolute Gasteiger partial charge is 0.469 e. The third-order valence-corrected chi connectivity index (χ3v) is 3.01. The maximum atomic E-state index is 11.9. The predicted octanol–water partition coefficient (Wildman–Crippen LogP) is 2.17. The number of furan rings is 1. The van der Waals surface area contributed by atoms with Crippen molar-refractivity contribution in [1.29, 1.82) is 0 Å². The van der Waals surface area contributed by atoms with Crippen molar-refractivity contribution in [3.05, 3.63) is 41.2 Å². The molecular formula is C14H18N2O3. The third kappa shape index (κ3) is 3.47. The Morgan fingerprint density at radius 2 is 2.26 bits per heavy atom. The van der Waals surface area contributed by atoms with Crippen molar-refractivity contribution >= 4 is 5.91 Å². The van der Waals surface area contributed by atoms with Crippen LogP contribution in [0.3, 0.4) is 0 Å². The minimum atomic E-state index is -0.0338. The second-order valence-electron chi connectivity index (χ2n) is 4.73. The highest BCUT2D eigenvalue weighted by Crippen LogP contribution is 2.13. The molecule has 1 N–H and O–H groups in total. The molecular weight excluding hydrogens is 244 g/mol. The first-order valence-corrected chi connectivity index (χ1v) is 6.29. The van der Waals surface area contributed by atoms with Crippen LogP contribution in [0.4, 0.5) is 0 Å². The average molecular weight is 262 g/mol. The van der Waals surface area contributed by atoms with Crippen molar-refractivity contribution in [2.75, 3.05) is 0 Å². The van der Waals surface area contributed by atoms with Crippen LogP contribution >= 0.6 is 0 Å². The highest BCUT2D eigenvalue weighted by Gasteiger charge is 2.15. The van der Waals surface area contributed by atoms with Crippen LogP contribution in [0.5, 0.6) is 0 Å². The molecule has 0 aliphatic rings. The Kier molecular flexibility index (Phi) is 4.04. The molecule has 0 spiro atoms. The van der Waals surface area contributed by atoms with Crippen molar-refractivity contribution in [3.63, 3.8) is 0 Å². The fourth-order valence-corrected chi connectivity index (χ4v) is 2.02. The molecule has 5 heteroatoms. The van der Waals surface area contributed by atoms with Gasteiger partial charge in [0.25, 0.3) is 0 Å². The van der Waals surface area contributed by atoms with Gasteiger partial charge in [0.1, 0.15) is 11.5 Å². The lowest BCUT2D eigenvalue weighted by molar-refractivity contribution is -0.121. The van der Waals surface area contributed by atoms with Crippen LogP contribution < -0.4 is 5.32 Å². The monoisotopic (exact) mass is 262 g/mol. The van der Waals surface area contributed by atoms with E-state index in [9.17, 15) is 4.79 Å². The Morgan fingerprint density at radius 3 is 2.84 bits per heavy atom. The molecule has 0 saturated carbocycles. The normalized spacial score (nSPS) is 12.4. The Hall–Kier alpha value is -2.04. The topological polar surface area (TPSA) is 68.3 Å². The number of hydrogen-bond donors (Lipinski definition) is 1. The summed E-state index contributed by atoms with van der Waals surface area (Å²) in [6, 6.07) is 3.77. The zero-order valence-corrected chi connectivity index (χ0v) is 11.4. The van der Waals surface area contributed by atoms with E-state index in [4.69, 9.17) is 8.94 Å². The predicted molar refractivity (Wildman–Crippen MR) is 69.7 cm³/mol. The van der Waals surface area contributed by atoms with Crippen molar-refractivity contribution in [1.82, 2.24) is 10.5 Å². The highest BCUT2D eigenvalue weighted by atomic mass is 16.5. The van der Waals surface area contributed by atoms with E-state index in [0.717, 1.165) is 17.0 Å². The molecule has 19 heavy (non-hydrogen) atoms. The molecule has 0 aliphatic heterocycles. The summed E-state index contributed by atoms with van der Waals surface area (Å²) < 4.78 is 10.3. The van der Waals surface area contributed by atoms with Gasteiger partial charge in [-0.15, -0.1) is 0 Å². The summed E-state index contributed by atoms with van der Waals surface area (Å²) >= 11 is 0. The van der Waals surface area contributed by atoms with E-state index in [1.54, 1.807) is 6.26 Å². The van der Waals surface area contributed by atoms with Gasteiger partial charge in [0.15, 0.2) is 0 Å². The van der Waals surface area contributed by atoms with Gasteiger partial charge in [0, 0.05) is 18.0 Å². The fourth-order valence-electron chi connectivity index (χ4n) is 2.02. The van der Waals surface area contributed by atoms with E-state index in [0.29, 0.717) is 18.6 Å². The van der Waals surface area contributed by atoms with Crippen LogP contribution in [0.25, 0.3) is 0 Å². The Bertz CT molecular complexity index is 524. The average Bonchev–Trinajstić information content (AvgIpc) is 2.94. The maximum absolute atomic E-state index is 11.9. The molecule has 102 valence electrons. The lowest BCUT2D eigenvalue weighted by Crippen LogP contribution is -2.35. The van der Waals surface area contributed by atoms with Gasteiger partial charge < -0.3 is 14.3 Å². The molecule has 1 amide bonds.